The minimum Gasteiger partial charge on any atom is -0.508 e. The number of phenols is 1. The Morgan fingerprint density at radius 3 is 2.83 bits per heavy atom. The summed E-state index contributed by atoms with van der Waals surface area (Å²) in [4.78, 5) is 29.6. The lowest BCUT2D eigenvalue weighted by Crippen LogP contribution is -2.73. The van der Waals surface area contributed by atoms with Gasteiger partial charge in [-0.05, 0) is 61.3 Å². The molecule has 2 aliphatic carbocycles. The van der Waals surface area contributed by atoms with Crippen LogP contribution in [0.1, 0.15) is 39.2 Å². The Labute approximate surface area is 167 Å². The predicted molar refractivity (Wildman–Crippen MR) is 105 cm³/mol. The number of likely N-dealkylation sites (tertiary alicyclic amines) is 1. The number of aromatic amines is 1. The Morgan fingerprint density at radius 1 is 1.28 bits per heavy atom. The molecule has 1 aromatic heterocycles. The van der Waals surface area contributed by atoms with E-state index in [1.165, 1.54) is 7.11 Å². The van der Waals surface area contributed by atoms with Crippen molar-refractivity contribution in [2.75, 3.05) is 20.7 Å². The molecule has 29 heavy (non-hydrogen) atoms. The first-order valence-electron chi connectivity index (χ1n) is 9.87. The monoisotopic (exact) mass is 396 g/mol. The summed E-state index contributed by atoms with van der Waals surface area (Å²) in [6.45, 7) is 0.821. The van der Waals surface area contributed by atoms with Crippen LogP contribution in [0.3, 0.4) is 0 Å². The standard InChI is InChI=1S/C22H24N2O5/c1-24-6-5-21-11-17-13(7-15(19(26)23-17)20(27)29-2)10-22(21,28)18(24)8-12-3-4-14(25)9-16(12)21/h3-4,7,9,18,25,28H,5-6,8,10-11H2,1-2H3,(H,23,26)/t18-,21-,22-/m1/s1. The maximum absolute atomic E-state index is 12.5. The number of aliphatic hydroxyl groups is 1. The topological polar surface area (TPSA) is 103 Å². The van der Waals surface area contributed by atoms with Crippen molar-refractivity contribution in [1.29, 1.82) is 0 Å². The number of phenolic OH excluding ortho intramolecular Hbond substituents is 1. The Morgan fingerprint density at radius 2 is 2.07 bits per heavy atom. The summed E-state index contributed by atoms with van der Waals surface area (Å²) >= 11 is 0. The molecule has 2 bridgehead atoms. The minimum atomic E-state index is -1.07. The van der Waals surface area contributed by atoms with Crippen LogP contribution in [0.15, 0.2) is 29.1 Å². The molecule has 7 heteroatoms. The van der Waals surface area contributed by atoms with Crippen molar-refractivity contribution >= 4 is 5.97 Å². The van der Waals surface area contributed by atoms with Crippen molar-refractivity contribution in [2.24, 2.45) is 0 Å². The lowest BCUT2D eigenvalue weighted by atomic mass is 9.49. The highest BCUT2D eigenvalue weighted by Crippen LogP contribution is 2.56. The fourth-order valence-electron chi connectivity index (χ4n) is 5.92. The van der Waals surface area contributed by atoms with Crippen molar-refractivity contribution in [3.05, 3.63) is 62.6 Å². The number of likely N-dealkylation sites (N-methyl/N-ethyl adjacent to an activating group) is 1. The van der Waals surface area contributed by atoms with E-state index in [0.29, 0.717) is 25.7 Å². The highest BCUT2D eigenvalue weighted by molar-refractivity contribution is 5.89. The van der Waals surface area contributed by atoms with Crippen molar-refractivity contribution in [3.8, 4) is 5.75 Å². The van der Waals surface area contributed by atoms with E-state index < -0.39 is 22.5 Å². The molecule has 0 spiro atoms. The predicted octanol–water partition coefficient (Wildman–Crippen LogP) is 0.895. The molecule has 3 atom stereocenters. The normalized spacial score (nSPS) is 30.1. The number of benzene rings is 1. The number of aromatic hydroxyl groups is 1. The molecule has 152 valence electrons. The van der Waals surface area contributed by atoms with Gasteiger partial charge in [0, 0.05) is 30.0 Å². The first kappa shape index (κ1) is 18.4. The number of pyridine rings is 1. The third-order valence-corrected chi connectivity index (χ3v) is 7.38. The SMILES string of the molecule is COC(=O)c1cc2c([nH]c1=O)C[C@]13CCN(C)[C@H](Cc4ccc(O)cc41)[C@]3(O)C2. The second-order valence-electron chi connectivity index (χ2n) is 8.66. The van der Waals surface area contributed by atoms with Crippen LogP contribution in [0.4, 0.5) is 0 Å². The Hall–Kier alpha value is -2.64. The number of ether oxygens (including phenoxy) is 1. The van der Waals surface area contributed by atoms with E-state index in [0.717, 1.165) is 28.9 Å². The molecule has 0 radical (unpaired) electrons. The molecule has 5 rings (SSSR count). The number of carbonyl (C=O) groups excluding carboxylic acids is 1. The van der Waals surface area contributed by atoms with Crippen LogP contribution in [-0.4, -0.2) is 58.4 Å². The number of hydrogen-bond donors (Lipinski definition) is 3. The number of H-pyrrole nitrogens is 1. The Balaban J connectivity index is 1.74. The van der Waals surface area contributed by atoms with Gasteiger partial charge in [-0.25, -0.2) is 4.79 Å². The zero-order valence-electron chi connectivity index (χ0n) is 16.5. The van der Waals surface area contributed by atoms with Crippen LogP contribution in [0.5, 0.6) is 5.75 Å². The lowest BCUT2D eigenvalue weighted by Gasteiger charge is -2.63. The summed E-state index contributed by atoms with van der Waals surface area (Å²) in [6.07, 6.45) is 2.18. The molecule has 3 N–H and O–H groups in total. The van der Waals surface area contributed by atoms with Crippen LogP contribution in [0.25, 0.3) is 0 Å². The summed E-state index contributed by atoms with van der Waals surface area (Å²) in [7, 11) is 3.27. The number of hydrogen-bond acceptors (Lipinski definition) is 6. The van der Waals surface area contributed by atoms with Crippen LogP contribution in [0, 0.1) is 0 Å². The highest BCUT2D eigenvalue weighted by Gasteiger charge is 2.64. The van der Waals surface area contributed by atoms with Crippen molar-refractivity contribution < 1.29 is 19.7 Å². The molecule has 1 fully saturated rings. The van der Waals surface area contributed by atoms with E-state index in [-0.39, 0.29) is 17.4 Å². The quantitative estimate of drug-likeness (QED) is 0.619. The summed E-state index contributed by atoms with van der Waals surface area (Å²) in [5.74, 6) is -0.504. The molecule has 2 aromatic rings. The number of esters is 1. The number of piperidine rings is 1. The number of carbonyl (C=O) groups is 1. The van der Waals surface area contributed by atoms with Gasteiger partial charge in [-0.1, -0.05) is 6.07 Å². The van der Waals surface area contributed by atoms with Gasteiger partial charge in [0.2, 0.25) is 0 Å². The molecule has 0 amide bonds. The largest absolute Gasteiger partial charge is 0.508 e. The van der Waals surface area contributed by atoms with Crippen molar-refractivity contribution in [1.82, 2.24) is 9.88 Å². The summed E-state index contributed by atoms with van der Waals surface area (Å²) < 4.78 is 4.73. The van der Waals surface area contributed by atoms with Gasteiger partial charge in [-0.2, -0.15) is 0 Å². The fraction of sp³-hybridized carbons (Fsp3) is 0.455. The van der Waals surface area contributed by atoms with Crippen LogP contribution in [-0.2, 0) is 29.4 Å². The summed E-state index contributed by atoms with van der Waals surface area (Å²) in [5.41, 5.74) is 1.42. The van der Waals surface area contributed by atoms with Gasteiger partial charge < -0.3 is 24.8 Å². The number of fused-ring (bicyclic) bond motifs is 2. The fourth-order valence-corrected chi connectivity index (χ4v) is 5.92. The van der Waals surface area contributed by atoms with Crippen LogP contribution >= 0.6 is 0 Å². The zero-order chi connectivity index (χ0) is 20.6. The van der Waals surface area contributed by atoms with E-state index in [2.05, 4.69) is 9.88 Å². The molecule has 3 aliphatic rings. The van der Waals surface area contributed by atoms with E-state index >= 15 is 0 Å². The molecule has 0 unspecified atom stereocenters. The number of aromatic nitrogens is 1. The maximum atomic E-state index is 12.5. The number of methoxy groups -OCH3 is 1. The third-order valence-electron chi connectivity index (χ3n) is 7.38. The molecule has 1 saturated heterocycles. The molecular formula is C22H24N2O5. The van der Waals surface area contributed by atoms with E-state index in [9.17, 15) is 19.8 Å². The van der Waals surface area contributed by atoms with Gasteiger partial charge in [0.05, 0.1) is 12.7 Å². The van der Waals surface area contributed by atoms with Gasteiger partial charge in [0.25, 0.3) is 5.56 Å². The van der Waals surface area contributed by atoms with Gasteiger partial charge >= 0.3 is 5.97 Å². The van der Waals surface area contributed by atoms with Gasteiger partial charge in [0.15, 0.2) is 0 Å². The lowest BCUT2D eigenvalue weighted by molar-refractivity contribution is -0.145. The van der Waals surface area contributed by atoms with Crippen LogP contribution < -0.4 is 5.56 Å². The van der Waals surface area contributed by atoms with E-state index in [4.69, 9.17) is 4.74 Å². The molecule has 1 aromatic carbocycles. The Kier molecular flexibility index (Phi) is 3.76. The number of nitrogens with zero attached hydrogens (tertiary/aromatic N) is 1. The van der Waals surface area contributed by atoms with Crippen molar-refractivity contribution in [2.45, 2.75) is 42.7 Å². The van der Waals surface area contributed by atoms with Crippen molar-refractivity contribution in [3.63, 3.8) is 0 Å². The van der Waals surface area contributed by atoms with Gasteiger partial charge in [0.1, 0.15) is 11.3 Å². The van der Waals surface area contributed by atoms with Gasteiger partial charge in [-0.3, -0.25) is 4.79 Å². The van der Waals surface area contributed by atoms with Crippen LogP contribution in [0.2, 0.25) is 0 Å². The highest BCUT2D eigenvalue weighted by atomic mass is 16.5. The first-order chi connectivity index (χ1) is 13.8. The van der Waals surface area contributed by atoms with Gasteiger partial charge in [-0.15, -0.1) is 0 Å². The summed E-state index contributed by atoms with van der Waals surface area (Å²) in [6, 6.07) is 6.88. The molecule has 0 saturated carbocycles. The first-order valence-corrected chi connectivity index (χ1v) is 9.87. The van der Waals surface area contributed by atoms with E-state index in [1.54, 1.807) is 18.2 Å². The molecular weight excluding hydrogens is 372 g/mol. The number of nitrogens with one attached hydrogen (secondary N) is 1. The van der Waals surface area contributed by atoms with E-state index in [1.807, 2.05) is 13.1 Å². The smallest absolute Gasteiger partial charge is 0.343 e. The molecule has 7 nitrogen and oxygen atoms in total. The Bertz CT molecular complexity index is 1090. The average molecular weight is 396 g/mol. The molecule has 1 aliphatic heterocycles. The average Bonchev–Trinajstić information content (AvgIpc) is 2.69. The third kappa shape index (κ3) is 2.31. The minimum absolute atomic E-state index is 0.0434. The summed E-state index contributed by atoms with van der Waals surface area (Å²) in [5, 5.41) is 22.3. The zero-order valence-corrected chi connectivity index (χ0v) is 16.5. The second-order valence-corrected chi connectivity index (χ2v) is 8.66. The number of rotatable bonds is 1. The maximum Gasteiger partial charge on any atom is 0.343 e. The second kappa shape index (κ2) is 5.93. The molecule has 2 heterocycles.